The van der Waals surface area contributed by atoms with E-state index in [1.165, 1.54) is 6.42 Å². The maximum absolute atomic E-state index is 5.76. The monoisotopic (exact) mass is 236 g/mol. The molecule has 3 nitrogen and oxygen atoms in total. The number of aromatic nitrogens is 1. The fourth-order valence-corrected chi connectivity index (χ4v) is 1.69. The zero-order valence-corrected chi connectivity index (χ0v) is 11.0. The summed E-state index contributed by atoms with van der Waals surface area (Å²) in [4.78, 5) is 4.27. The number of hydrogen-bond acceptors (Lipinski definition) is 3. The van der Waals surface area contributed by atoms with Crippen molar-refractivity contribution in [3.8, 4) is 0 Å². The van der Waals surface area contributed by atoms with Gasteiger partial charge in [-0.15, -0.1) is 0 Å². The van der Waals surface area contributed by atoms with Crippen molar-refractivity contribution in [1.82, 2.24) is 10.3 Å². The number of hydrogen-bond donors (Lipinski definition) is 1. The number of ether oxygens (including phenoxy) is 1. The van der Waals surface area contributed by atoms with Crippen LogP contribution in [-0.4, -0.2) is 30.8 Å². The summed E-state index contributed by atoms with van der Waals surface area (Å²) < 4.78 is 5.76. The Kier molecular flexibility index (Phi) is 7.60. The highest BCUT2D eigenvalue weighted by molar-refractivity contribution is 5.03. The first kappa shape index (κ1) is 14.1. The van der Waals surface area contributed by atoms with E-state index in [1.807, 2.05) is 24.4 Å². The molecule has 1 N–H and O–H groups in total. The standard InChI is InChI=1S/C14H24N2O/c1-3-15-10-6-7-13(2)17-12-9-14-8-4-5-11-16-14/h4-5,8,11,13,15H,3,6-7,9-10,12H2,1-2H3. The molecule has 0 saturated heterocycles. The molecule has 1 aromatic heterocycles. The summed E-state index contributed by atoms with van der Waals surface area (Å²) in [6, 6.07) is 6.00. The lowest BCUT2D eigenvalue weighted by Gasteiger charge is -2.12. The third-order valence-electron chi connectivity index (χ3n) is 2.70. The molecule has 1 atom stereocenters. The minimum atomic E-state index is 0.345. The highest BCUT2D eigenvalue weighted by Gasteiger charge is 2.02. The van der Waals surface area contributed by atoms with E-state index in [0.717, 1.165) is 38.2 Å². The molecule has 0 aromatic carbocycles. The first-order chi connectivity index (χ1) is 8.33. The van der Waals surface area contributed by atoms with Gasteiger partial charge in [0.25, 0.3) is 0 Å². The molecule has 0 amide bonds. The fraction of sp³-hybridized carbons (Fsp3) is 0.643. The van der Waals surface area contributed by atoms with Crippen molar-refractivity contribution in [3.05, 3.63) is 30.1 Å². The van der Waals surface area contributed by atoms with Crippen LogP contribution in [0.15, 0.2) is 24.4 Å². The average molecular weight is 236 g/mol. The van der Waals surface area contributed by atoms with E-state index in [0.29, 0.717) is 6.10 Å². The summed E-state index contributed by atoms with van der Waals surface area (Å²) in [5, 5.41) is 3.32. The van der Waals surface area contributed by atoms with Gasteiger partial charge < -0.3 is 10.1 Å². The smallest absolute Gasteiger partial charge is 0.0547 e. The van der Waals surface area contributed by atoms with E-state index in [4.69, 9.17) is 4.74 Å². The Morgan fingerprint density at radius 3 is 3.00 bits per heavy atom. The molecular formula is C14H24N2O. The summed E-state index contributed by atoms with van der Waals surface area (Å²) in [5.74, 6) is 0. The van der Waals surface area contributed by atoms with Crippen LogP contribution in [0.2, 0.25) is 0 Å². The van der Waals surface area contributed by atoms with Gasteiger partial charge in [0.05, 0.1) is 12.7 Å². The maximum Gasteiger partial charge on any atom is 0.0547 e. The van der Waals surface area contributed by atoms with Gasteiger partial charge in [0.2, 0.25) is 0 Å². The molecule has 0 saturated carbocycles. The van der Waals surface area contributed by atoms with Crippen LogP contribution >= 0.6 is 0 Å². The minimum Gasteiger partial charge on any atom is -0.378 e. The third-order valence-corrected chi connectivity index (χ3v) is 2.70. The molecule has 0 aliphatic rings. The number of nitrogens with zero attached hydrogens (tertiary/aromatic N) is 1. The second kappa shape index (κ2) is 9.14. The van der Waals surface area contributed by atoms with Gasteiger partial charge in [-0.3, -0.25) is 4.98 Å². The Hall–Kier alpha value is -0.930. The Morgan fingerprint density at radius 2 is 2.29 bits per heavy atom. The molecule has 0 fully saturated rings. The van der Waals surface area contributed by atoms with Crippen LogP contribution in [0.25, 0.3) is 0 Å². The predicted octanol–water partition coefficient (Wildman–Crippen LogP) is 2.42. The Labute approximate surface area is 105 Å². The van der Waals surface area contributed by atoms with Crippen LogP contribution in [0.4, 0.5) is 0 Å². The fourth-order valence-electron chi connectivity index (χ4n) is 1.69. The zero-order valence-electron chi connectivity index (χ0n) is 11.0. The highest BCUT2D eigenvalue weighted by Crippen LogP contribution is 2.02. The predicted molar refractivity (Wildman–Crippen MR) is 71.1 cm³/mol. The molecule has 0 spiro atoms. The van der Waals surface area contributed by atoms with Crippen LogP contribution in [-0.2, 0) is 11.2 Å². The maximum atomic E-state index is 5.76. The summed E-state index contributed by atoms with van der Waals surface area (Å²) in [6.45, 7) is 7.18. The number of rotatable bonds is 9. The molecule has 1 aromatic rings. The van der Waals surface area contributed by atoms with E-state index in [-0.39, 0.29) is 0 Å². The molecule has 96 valence electrons. The van der Waals surface area contributed by atoms with Crippen molar-refractivity contribution in [2.45, 2.75) is 39.2 Å². The van der Waals surface area contributed by atoms with Crippen molar-refractivity contribution in [1.29, 1.82) is 0 Å². The Balaban J connectivity index is 2.02. The summed E-state index contributed by atoms with van der Waals surface area (Å²) >= 11 is 0. The number of pyridine rings is 1. The second-order valence-electron chi connectivity index (χ2n) is 4.25. The summed E-state index contributed by atoms with van der Waals surface area (Å²) in [6.07, 6.45) is 5.37. The lowest BCUT2D eigenvalue weighted by Crippen LogP contribution is -2.17. The van der Waals surface area contributed by atoms with Crippen molar-refractivity contribution < 1.29 is 4.74 Å². The first-order valence-corrected chi connectivity index (χ1v) is 6.55. The molecule has 0 aliphatic carbocycles. The van der Waals surface area contributed by atoms with Gasteiger partial charge in [-0.1, -0.05) is 13.0 Å². The zero-order chi connectivity index (χ0) is 12.3. The lowest BCUT2D eigenvalue weighted by molar-refractivity contribution is 0.0608. The first-order valence-electron chi connectivity index (χ1n) is 6.55. The molecule has 1 unspecified atom stereocenters. The summed E-state index contributed by atoms with van der Waals surface area (Å²) in [5.41, 5.74) is 1.10. The Bertz CT molecular complexity index is 277. The van der Waals surface area contributed by atoms with Crippen LogP contribution in [0, 0.1) is 0 Å². The van der Waals surface area contributed by atoms with Crippen LogP contribution < -0.4 is 5.32 Å². The van der Waals surface area contributed by atoms with E-state index < -0.39 is 0 Å². The SMILES string of the molecule is CCNCCCC(C)OCCc1ccccn1. The van der Waals surface area contributed by atoms with Crippen LogP contribution in [0.3, 0.4) is 0 Å². The lowest BCUT2D eigenvalue weighted by atomic mass is 10.2. The second-order valence-corrected chi connectivity index (χ2v) is 4.25. The van der Waals surface area contributed by atoms with Gasteiger partial charge in [0.15, 0.2) is 0 Å². The molecule has 1 rings (SSSR count). The third kappa shape index (κ3) is 7.08. The quantitative estimate of drug-likeness (QED) is 0.669. The summed E-state index contributed by atoms with van der Waals surface area (Å²) in [7, 11) is 0. The number of nitrogens with one attached hydrogen (secondary N) is 1. The highest BCUT2D eigenvalue weighted by atomic mass is 16.5. The van der Waals surface area contributed by atoms with E-state index in [2.05, 4.69) is 24.1 Å². The van der Waals surface area contributed by atoms with Gasteiger partial charge >= 0.3 is 0 Å². The van der Waals surface area contributed by atoms with E-state index >= 15 is 0 Å². The molecular weight excluding hydrogens is 212 g/mol. The van der Waals surface area contributed by atoms with Gasteiger partial charge in [0, 0.05) is 18.3 Å². The van der Waals surface area contributed by atoms with Gasteiger partial charge in [-0.2, -0.15) is 0 Å². The van der Waals surface area contributed by atoms with E-state index in [1.54, 1.807) is 0 Å². The topological polar surface area (TPSA) is 34.1 Å². The molecule has 0 aliphatic heterocycles. The van der Waals surface area contributed by atoms with Crippen LogP contribution in [0.5, 0.6) is 0 Å². The largest absolute Gasteiger partial charge is 0.378 e. The van der Waals surface area contributed by atoms with Crippen molar-refractivity contribution >= 4 is 0 Å². The van der Waals surface area contributed by atoms with Crippen molar-refractivity contribution in [2.24, 2.45) is 0 Å². The molecule has 3 heteroatoms. The minimum absolute atomic E-state index is 0.345. The van der Waals surface area contributed by atoms with Crippen LogP contribution in [0.1, 0.15) is 32.4 Å². The van der Waals surface area contributed by atoms with E-state index in [9.17, 15) is 0 Å². The molecule has 0 radical (unpaired) electrons. The Morgan fingerprint density at radius 1 is 1.41 bits per heavy atom. The molecule has 17 heavy (non-hydrogen) atoms. The van der Waals surface area contributed by atoms with Crippen molar-refractivity contribution in [2.75, 3.05) is 19.7 Å². The average Bonchev–Trinajstić information content (AvgIpc) is 2.36. The molecule has 1 heterocycles. The normalized spacial score (nSPS) is 12.6. The molecule has 0 bridgehead atoms. The van der Waals surface area contributed by atoms with Gasteiger partial charge in [0.1, 0.15) is 0 Å². The van der Waals surface area contributed by atoms with Crippen molar-refractivity contribution in [3.63, 3.8) is 0 Å². The van der Waals surface area contributed by atoms with Gasteiger partial charge in [-0.25, -0.2) is 0 Å². The van der Waals surface area contributed by atoms with Gasteiger partial charge in [-0.05, 0) is 45.0 Å².